The molecule has 0 spiro atoms. The second kappa shape index (κ2) is 20.9. The van der Waals surface area contributed by atoms with Gasteiger partial charge < -0.3 is 0 Å². The molecule has 0 fully saturated rings. The van der Waals surface area contributed by atoms with Crippen molar-refractivity contribution in [1.82, 2.24) is 4.98 Å². The van der Waals surface area contributed by atoms with Crippen molar-refractivity contribution in [1.29, 1.82) is 0 Å². The van der Waals surface area contributed by atoms with Crippen molar-refractivity contribution in [2.24, 2.45) is 32.5 Å². The topological polar surface area (TPSA) is 12.9 Å². The van der Waals surface area contributed by atoms with Gasteiger partial charge in [-0.15, -0.1) is 11.3 Å². The standard InChI is InChI=1S/C71H97NSSi/c1-22-71(21,23-2)61-40-56(39-54-26-24-25-27-60(54)61)63-64-55(28-29-72-63)41-62(73-64)74(57-33-48(42-65(3,4)5)30-49(34-57)43-66(6,7)8,58-35-50(44-67(9,10)11)31-51(36-58)45-68(12,13)14)59-37-52(46-69(15,16)17)32-53(38-59)47-70(18,19)20/h24-41H,22-23,42-47H2,1-21H3. The maximum atomic E-state index is 5.42. The predicted octanol–water partition coefficient (Wildman–Crippen LogP) is 18.1. The fourth-order valence-corrected chi connectivity index (χ4v) is 19.6. The van der Waals surface area contributed by atoms with Gasteiger partial charge in [0.15, 0.2) is 8.07 Å². The molecule has 0 saturated heterocycles. The summed E-state index contributed by atoms with van der Waals surface area (Å²) in [5, 5.41) is 8.48. The number of nitrogens with zero attached hydrogens (tertiary/aromatic N) is 1. The molecular weight excluding hydrogens is 927 g/mol. The van der Waals surface area contributed by atoms with Crippen LogP contribution in [0.5, 0.6) is 0 Å². The summed E-state index contributed by atoms with van der Waals surface area (Å²) in [6.07, 6.45) is 10.3. The zero-order valence-corrected chi connectivity index (χ0v) is 52.2. The highest BCUT2D eigenvalue weighted by atomic mass is 32.1. The van der Waals surface area contributed by atoms with E-state index in [-0.39, 0.29) is 37.9 Å². The fraction of sp³-hybridized carbons (Fsp3) is 0.507. The van der Waals surface area contributed by atoms with E-state index in [4.69, 9.17) is 4.98 Å². The Kier molecular flexibility index (Phi) is 16.2. The smallest absolute Gasteiger partial charge is 0.191 e. The lowest BCUT2D eigenvalue weighted by molar-refractivity contribution is 0.405. The van der Waals surface area contributed by atoms with Crippen LogP contribution in [0.25, 0.3) is 32.1 Å². The summed E-state index contributed by atoms with van der Waals surface area (Å²) < 4.78 is 2.78. The number of aromatic nitrogens is 1. The number of benzene rings is 5. The molecular formula is C71H97NSSi. The third-order valence-corrected chi connectivity index (χ3v) is 21.6. The molecule has 0 aliphatic carbocycles. The Bertz CT molecular complexity index is 2800. The highest BCUT2D eigenvalue weighted by Gasteiger charge is 2.45. The Morgan fingerprint density at radius 2 is 0.770 bits per heavy atom. The molecule has 0 saturated carbocycles. The third kappa shape index (κ3) is 14.0. The van der Waals surface area contributed by atoms with Crippen molar-refractivity contribution in [2.75, 3.05) is 0 Å². The van der Waals surface area contributed by atoms with Crippen molar-refractivity contribution in [3.63, 3.8) is 0 Å². The zero-order chi connectivity index (χ0) is 54.6. The molecule has 0 unspecified atom stereocenters. The van der Waals surface area contributed by atoms with Crippen LogP contribution in [0.15, 0.2) is 109 Å². The van der Waals surface area contributed by atoms with Crippen molar-refractivity contribution in [3.8, 4) is 11.3 Å². The van der Waals surface area contributed by atoms with Gasteiger partial charge in [-0.1, -0.05) is 224 Å². The van der Waals surface area contributed by atoms with Gasteiger partial charge in [0, 0.05) is 16.3 Å². The number of pyridine rings is 1. The minimum Gasteiger partial charge on any atom is -0.255 e. The number of hydrogen-bond acceptors (Lipinski definition) is 2. The Hall–Kier alpha value is -4.31. The Morgan fingerprint density at radius 3 is 1.12 bits per heavy atom. The SMILES string of the molecule is CCC(C)(CC)c1cc(-c2nccc3cc([Si](c4cc(CC(C)(C)C)cc(CC(C)(C)C)c4)(c4cc(CC(C)(C)C)cc(CC(C)(C)C)c4)c4cc(CC(C)(C)C)cc(CC(C)(C)C)c4)sc23)cc2ccccc12. The molecule has 3 heteroatoms. The minimum atomic E-state index is -3.25. The van der Waals surface area contributed by atoms with E-state index in [9.17, 15) is 0 Å². The largest absolute Gasteiger partial charge is 0.255 e. The molecule has 1 nitrogen and oxygen atoms in total. The summed E-state index contributed by atoms with van der Waals surface area (Å²) in [7, 11) is -3.25. The monoisotopic (exact) mass is 1020 g/mol. The van der Waals surface area contributed by atoms with Crippen LogP contribution in [0.1, 0.15) is 197 Å². The van der Waals surface area contributed by atoms with Crippen molar-refractivity contribution in [3.05, 3.63) is 148 Å². The summed E-state index contributed by atoms with van der Waals surface area (Å²) in [5.74, 6) is 0. The van der Waals surface area contributed by atoms with E-state index in [1.807, 2.05) is 0 Å². The third-order valence-electron chi connectivity index (χ3n) is 15.0. The molecule has 2 aromatic heterocycles. The first-order chi connectivity index (χ1) is 34.0. The summed E-state index contributed by atoms with van der Waals surface area (Å²) in [6.45, 7) is 50.7. The number of thiophene rings is 1. The molecule has 0 N–H and O–H groups in total. The minimum absolute atomic E-state index is 0.0423. The van der Waals surface area contributed by atoms with Crippen LogP contribution < -0.4 is 20.1 Å². The molecule has 0 aliphatic heterocycles. The van der Waals surface area contributed by atoms with Crippen molar-refractivity contribution in [2.45, 2.75) is 202 Å². The summed E-state index contributed by atoms with van der Waals surface area (Å²) >= 11 is 2.05. The molecule has 7 rings (SSSR count). The Morgan fingerprint density at radius 1 is 0.405 bits per heavy atom. The first-order valence-electron chi connectivity index (χ1n) is 28.4. The number of fused-ring (bicyclic) bond motifs is 2. The first kappa shape index (κ1) is 57.4. The Labute approximate surface area is 456 Å². The molecule has 0 radical (unpaired) electrons. The van der Waals surface area contributed by atoms with Gasteiger partial charge in [0.1, 0.15) is 0 Å². The lowest BCUT2D eigenvalue weighted by Gasteiger charge is -2.37. The molecule has 0 bridgehead atoms. The van der Waals surface area contributed by atoms with Gasteiger partial charge >= 0.3 is 0 Å². The fourth-order valence-electron chi connectivity index (χ4n) is 12.1. The molecule has 0 aliphatic rings. The number of hydrogen-bond donors (Lipinski definition) is 0. The predicted molar refractivity (Wildman–Crippen MR) is 333 cm³/mol. The average Bonchev–Trinajstić information content (AvgIpc) is 3.67. The van der Waals surface area contributed by atoms with Crippen LogP contribution in [-0.2, 0) is 43.9 Å². The second-order valence-electron chi connectivity index (χ2n) is 30.5. The average molecular weight is 1020 g/mol. The van der Waals surface area contributed by atoms with E-state index in [1.165, 1.54) is 85.4 Å². The van der Waals surface area contributed by atoms with Crippen LogP contribution in [0, 0.1) is 32.5 Å². The molecule has 0 amide bonds. The molecule has 74 heavy (non-hydrogen) atoms. The van der Waals surface area contributed by atoms with E-state index < -0.39 is 8.07 Å². The molecule has 7 aromatic rings. The maximum absolute atomic E-state index is 5.42. The van der Waals surface area contributed by atoms with Gasteiger partial charge in [0.2, 0.25) is 0 Å². The van der Waals surface area contributed by atoms with E-state index in [0.29, 0.717) is 0 Å². The van der Waals surface area contributed by atoms with Crippen molar-refractivity contribution < 1.29 is 0 Å². The van der Waals surface area contributed by atoms with Crippen LogP contribution in [0.3, 0.4) is 0 Å². The zero-order valence-electron chi connectivity index (χ0n) is 50.4. The van der Waals surface area contributed by atoms with E-state index >= 15 is 0 Å². The summed E-state index contributed by atoms with van der Waals surface area (Å²) in [4.78, 5) is 5.42. The van der Waals surface area contributed by atoms with Gasteiger partial charge in [-0.25, -0.2) is 0 Å². The van der Waals surface area contributed by atoms with Crippen LogP contribution in [0.4, 0.5) is 0 Å². The lowest BCUT2D eigenvalue weighted by Crippen LogP contribution is -2.74. The number of rotatable bonds is 14. The quantitative estimate of drug-likeness (QED) is 0.0781. The van der Waals surface area contributed by atoms with E-state index in [1.54, 1.807) is 0 Å². The summed E-state index contributed by atoms with van der Waals surface area (Å²) in [5.41, 5.74) is 13.2. The van der Waals surface area contributed by atoms with Crippen LogP contribution >= 0.6 is 11.3 Å². The first-order valence-corrected chi connectivity index (χ1v) is 31.2. The van der Waals surface area contributed by atoms with Gasteiger partial charge in [0.05, 0.1) is 10.4 Å². The lowest BCUT2D eigenvalue weighted by atomic mass is 9.75. The summed E-state index contributed by atoms with van der Waals surface area (Å²) in [6, 6.07) is 42.9. The van der Waals surface area contributed by atoms with E-state index in [0.717, 1.165) is 57.1 Å². The maximum Gasteiger partial charge on any atom is 0.191 e. The molecule has 5 aromatic carbocycles. The van der Waals surface area contributed by atoms with E-state index in [2.05, 4.69) is 266 Å². The van der Waals surface area contributed by atoms with Gasteiger partial charge in [-0.05, 0) is 184 Å². The highest BCUT2D eigenvalue weighted by molar-refractivity contribution is 7.39. The van der Waals surface area contributed by atoms with Crippen LogP contribution in [0.2, 0.25) is 0 Å². The highest BCUT2D eigenvalue weighted by Crippen LogP contribution is 2.41. The van der Waals surface area contributed by atoms with Gasteiger partial charge in [0.25, 0.3) is 0 Å². The molecule has 2 heterocycles. The van der Waals surface area contributed by atoms with Gasteiger partial charge in [-0.3, -0.25) is 4.98 Å². The normalized spacial score (nSPS) is 13.6. The second-order valence-corrected chi connectivity index (χ2v) is 35.7. The van der Waals surface area contributed by atoms with Crippen molar-refractivity contribution >= 4 is 60.3 Å². The van der Waals surface area contributed by atoms with Gasteiger partial charge in [-0.2, -0.15) is 0 Å². The Balaban J connectivity index is 1.74. The molecule has 0 atom stereocenters. The van der Waals surface area contributed by atoms with Crippen LogP contribution in [-0.4, -0.2) is 13.1 Å². The molecule has 396 valence electrons.